The molecule has 0 bridgehead atoms. The summed E-state index contributed by atoms with van der Waals surface area (Å²) in [4.78, 5) is 13.8. The fourth-order valence-corrected chi connectivity index (χ4v) is 1.71. The number of nitriles is 1. The molecule has 19 heavy (non-hydrogen) atoms. The first-order valence-corrected chi connectivity index (χ1v) is 6.04. The van der Waals surface area contributed by atoms with E-state index in [-0.39, 0.29) is 0 Å². The van der Waals surface area contributed by atoms with Crippen molar-refractivity contribution in [1.29, 1.82) is 5.26 Å². The van der Waals surface area contributed by atoms with Gasteiger partial charge >= 0.3 is 0 Å². The molecule has 0 atom stereocenters. The van der Waals surface area contributed by atoms with Gasteiger partial charge in [-0.05, 0) is 19.1 Å². The second-order valence-electron chi connectivity index (χ2n) is 4.11. The first kappa shape index (κ1) is 12.9. The van der Waals surface area contributed by atoms with Crippen molar-refractivity contribution in [1.82, 2.24) is 15.0 Å². The lowest BCUT2D eigenvalue weighted by Crippen LogP contribution is -2.14. The normalized spacial score (nSPS) is 9.95. The van der Waals surface area contributed by atoms with Crippen molar-refractivity contribution in [3.05, 3.63) is 30.2 Å². The zero-order valence-electron chi connectivity index (χ0n) is 11.0. The summed E-state index contributed by atoms with van der Waals surface area (Å²) in [5.41, 5.74) is 0. The van der Waals surface area contributed by atoms with Gasteiger partial charge in [-0.15, -0.1) is 0 Å². The van der Waals surface area contributed by atoms with E-state index in [1.165, 1.54) is 0 Å². The molecule has 2 N–H and O–H groups in total. The number of hydrogen-bond donors (Lipinski definition) is 2. The second kappa shape index (κ2) is 5.87. The Hall–Kier alpha value is -2.55. The summed E-state index contributed by atoms with van der Waals surface area (Å²) in [6.45, 7) is 2.43. The van der Waals surface area contributed by atoms with E-state index >= 15 is 0 Å². The number of nitrogens with one attached hydrogen (secondary N) is 2. The van der Waals surface area contributed by atoms with Crippen LogP contribution in [0.1, 0.15) is 12.2 Å². The fraction of sp³-hybridized carbons (Fsp3) is 0.308. The Morgan fingerprint density at radius 3 is 3.00 bits per heavy atom. The van der Waals surface area contributed by atoms with E-state index in [1.807, 2.05) is 43.3 Å². The molecular weight excluding hydrogens is 240 g/mol. The van der Waals surface area contributed by atoms with Crippen molar-refractivity contribution in [2.24, 2.45) is 0 Å². The summed E-state index contributed by atoms with van der Waals surface area (Å²) in [6, 6.07) is 7.87. The zero-order valence-corrected chi connectivity index (χ0v) is 11.0. The molecule has 2 rings (SSSR count). The van der Waals surface area contributed by atoms with E-state index in [0.29, 0.717) is 18.8 Å². The lowest BCUT2D eigenvalue weighted by Gasteiger charge is -2.17. The lowest BCUT2D eigenvalue weighted by atomic mass is 10.4. The molecule has 0 saturated carbocycles. The van der Waals surface area contributed by atoms with Gasteiger partial charge in [-0.1, -0.05) is 0 Å². The minimum atomic E-state index is 0.449. The van der Waals surface area contributed by atoms with Gasteiger partial charge in [-0.3, -0.25) is 0 Å². The number of rotatable bonds is 5. The van der Waals surface area contributed by atoms with Crippen LogP contribution in [-0.2, 0) is 0 Å². The Balaban J connectivity index is 2.19. The number of aromatic nitrogens is 3. The number of aromatic amines is 1. The van der Waals surface area contributed by atoms with Crippen LogP contribution in [0.15, 0.2) is 24.4 Å². The molecule has 2 aromatic rings. The van der Waals surface area contributed by atoms with Crippen molar-refractivity contribution in [2.45, 2.75) is 13.3 Å². The third-order valence-corrected chi connectivity index (χ3v) is 2.65. The maximum Gasteiger partial charge on any atom is 0.139 e. The van der Waals surface area contributed by atoms with Gasteiger partial charge in [0.2, 0.25) is 0 Å². The van der Waals surface area contributed by atoms with Crippen LogP contribution < -0.4 is 10.2 Å². The summed E-state index contributed by atoms with van der Waals surface area (Å²) in [5, 5.41) is 11.6. The smallest absolute Gasteiger partial charge is 0.139 e. The number of anilines is 3. The van der Waals surface area contributed by atoms with Crippen LogP contribution in [0, 0.1) is 18.3 Å². The Kier molecular flexibility index (Phi) is 3.98. The van der Waals surface area contributed by atoms with Gasteiger partial charge in [0.25, 0.3) is 0 Å². The van der Waals surface area contributed by atoms with Crippen molar-refractivity contribution in [3.8, 4) is 6.07 Å². The van der Waals surface area contributed by atoms with E-state index in [4.69, 9.17) is 5.26 Å². The number of hydrogen-bond acceptors (Lipinski definition) is 5. The first-order chi connectivity index (χ1) is 9.20. The number of aryl methyl sites for hydroxylation is 1. The average molecular weight is 256 g/mol. The molecule has 0 fully saturated rings. The Labute approximate surface area is 112 Å². The second-order valence-corrected chi connectivity index (χ2v) is 4.11. The topological polar surface area (TPSA) is 80.6 Å². The van der Waals surface area contributed by atoms with Gasteiger partial charge in [-0.25, -0.2) is 9.97 Å². The molecule has 6 heteroatoms. The summed E-state index contributed by atoms with van der Waals surface area (Å²) in [6.07, 6.45) is 2.32. The molecule has 0 aliphatic heterocycles. The number of nitrogens with zero attached hydrogens (tertiary/aromatic N) is 4. The predicted molar refractivity (Wildman–Crippen MR) is 74.3 cm³/mol. The highest BCUT2D eigenvalue weighted by atomic mass is 15.2. The van der Waals surface area contributed by atoms with Crippen LogP contribution in [0.5, 0.6) is 0 Å². The van der Waals surface area contributed by atoms with Gasteiger partial charge in [-0.2, -0.15) is 5.26 Å². The molecule has 0 amide bonds. The highest BCUT2D eigenvalue weighted by Gasteiger charge is 2.08. The minimum absolute atomic E-state index is 0.449. The van der Waals surface area contributed by atoms with Gasteiger partial charge in [0.15, 0.2) is 0 Å². The van der Waals surface area contributed by atoms with Gasteiger partial charge in [0.05, 0.1) is 12.5 Å². The molecule has 0 saturated heterocycles. The molecule has 0 aromatic carbocycles. The van der Waals surface area contributed by atoms with Gasteiger partial charge < -0.3 is 15.2 Å². The average Bonchev–Trinajstić information content (AvgIpc) is 2.91. The highest BCUT2D eigenvalue weighted by Crippen LogP contribution is 2.21. The molecule has 2 aromatic heterocycles. The molecule has 6 nitrogen and oxygen atoms in total. The lowest BCUT2D eigenvalue weighted by molar-refractivity contribution is 0.982. The van der Waals surface area contributed by atoms with Crippen molar-refractivity contribution in [2.75, 3.05) is 23.8 Å². The molecule has 0 radical (unpaired) electrons. The van der Waals surface area contributed by atoms with Crippen LogP contribution >= 0.6 is 0 Å². The first-order valence-electron chi connectivity index (χ1n) is 6.04. The molecule has 0 unspecified atom stereocenters. The van der Waals surface area contributed by atoms with E-state index in [0.717, 1.165) is 17.5 Å². The van der Waals surface area contributed by atoms with Crippen LogP contribution in [-0.4, -0.2) is 28.5 Å². The molecule has 2 heterocycles. The van der Waals surface area contributed by atoms with E-state index in [2.05, 4.69) is 26.3 Å². The third-order valence-electron chi connectivity index (χ3n) is 2.65. The molecule has 0 spiro atoms. The number of H-pyrrole nitrogens is 1. The van der Waals surface area contributed by atoms with Crippen molar-refractivity contribution >= 4 is 17.5 Å². The molecular formula is C13H16N6. The maximum atomic E-state index is 8.53. The molecule has 98 valence electrons. The summed E-state index contributed by atoms with van der Waals surface area (Å²) >= 11 is 0. The van der Waals surface area contributed by atoms with Gasteiger partial charge in [0, 0.05) is 25.9 Å². The highest BCUT2D eigenvalue weighted by molar-refractivity contribution is 5.58. The van der Waals surface area contributed by atoms with E-state index < -0.39 is 0 Å². The Morgan fingerprint density at radius 2 is 2.32 bits per heavy atom. The minimum Gasteiger partial charge on any atom is -0.369 e. The SMILES string of the molecule is Cc1nc(NCCC#N)cc(N(C)c2ccc[nH]2)n1. The largest absolute Gasteiger partial charge is 0.369 e. The zero-order chi connectivity index (χ0) is 13.7. The van der Waals surface area contributed by atoms with E-state index in [1.54, 1.807) is 0 Å². The van der Waals surface area contributed by atoms with Crippen LogP contribution in [0.25, 0.3) is 0 Å². The van der Waals surface area contributed by atoms with Crippen LogP contribution in [0.3, 0.4) is 0 Å². The van der Waals surface area contributed by atoms with Crippen molar-refractivity contribution in [3.63, 3.8) is 0 Å². The summed E-state index contributed by atoms with van der Waals surface area (Å²) in [5.74, 6) is 3.18. The predicted octanol–water partition coefficient (Wildman–Crippen LogP) is 2.21. The maximum absolute atomic E-state index is 8.53. The summed E-state index contributed by atoms with van der Waals surface area (Å²) < 4.78 is 0. The Bertz CT molecular complexity index is 569. The van der Waals surface area contributed by atoms with E-state index in [9.17, 15) is 0 Å². The Morgan fingerprint density at radius 1 is 1.47 bits per heavy atom. The molecule has 0 aliphatic rings. The van der Waals surface area contributed by atoms with Crippen LogP contribution in [0.4, 0.5) is 17.5 Å². The van der Waals surface area contributed by atoms with Crippen LogP contribution in [0.2, 0.25) is 0 Å². The summed E-state index contributed by atoms with van der Waals surface area (Å²) in [7, 11) is 1.94. The standard InChI is InChI=1S/C13H16N6/c1-10-17-11(15-8-4-6-14)9-13(18-10)19(2)12-5-3-7-16-12/h3,5,7,9,16H,4,8H2,1-2H3,(H,15,17,18). The van der Waals surface area contributed by atoms with Crippen molar-refractivity contribution < 1.29 is 0 Å². The molecule has 0 aliphatic carbocycles. The fourth-order valence-electron chi connectivity index (χ4n) is 1.71. The third kappa shape index (κ3) is 3.22. The monoisotopic (exact) mass is 256 g/mol. The van der Waals surface area contributed by atoms with Gasteiger partial charge in [0.1, 0.15) is 23.3 Å². The quantitative estimate of drug-likeness (QED) is 0.802.